The van der Waals surface area contributed by atoms with Gasteiger partial charge in [0.2, 0.25) is 0 Å². The van der Waals surface area contributed by atoms with Crippen LogP contribution >= 0.6 is 28.1 Å². The minimum Gasteiger partial charge on any atom is -0.465 e. The maximum atomic E-state index is 11.7. The molecule has 2 N–H and O–H groups in total. The van der Waals surface area contributed by atoms with Crippen LogP contribution in [0, 0.1) is 0 Å². The van der Waals surface area contributed by atoms with Crippen molar-refractivity contribution in [3.05, 3.63) is 28.2 Å². The summed E-state index contributed by atoms with van der Waals surface area (Å²) in [5, 5.41) is 0. The molecule has 0 aliphatic carbocycles. The minimum atomic E-state index is -0.230. The fourth-order valence-electron chi connectivity index (χ4n) is 1.83. The molecule has 0 saturated carbocycles. The third kappa shape index (κ3) is 4.76. The topological polar surface area (TPSA) is 55.6 Å². The van der Waals surface area contributed by atoms with Gasteiger partial charge in [-0.15, -0.1) is 0 Å². The molecule has 0 spiro atoms. The third-order valence-electron chi connectivity index (χ3n) is 2.69. The molecule has 20 heavy (non-hydrogen) atoms. The molecule has 0 fully saturated rings. The molecule has 1 aromatic rings. The van der Waals surface area contributed by atoms with E-state index in [0.29, 0.717) is 11.6 Å². The monoisotopic (exact) mass is 358 g/mol. The lowest BCUT2D eigenvalue weighted by atomic mass is 10.2. The van der Waals surface area contributed by atoms with Gasteiger partial charge in [0.25, 0.3) is 0 Å². The van der Waals surface area contributed by atoms with E-state index in [1.807, 2.05) is 23.1 Å². The Labute approximate surface area is 133 Å². The maximum Gasteiger partial charge on any atom is 0.325 e. The summed E-state index contributed by atoms with van der Waals surface area (Å²) in [4.78, 5) is 14.0. The first-order valence-electron chi connectivity index (χ1n) is 6.49. The summed E-state index contributed by atoms with van der Waals surface area (Å²) < 4.78 is 5.87. The predicted molar refractivity (Wildman–Crippen MR) is 89.2 cm³/mol. The average molecular weight is 359 g/mol. The molecular weight excluding hydrogens is 340 g/mol. The van der Waals surface area contributed by atoms with Gasteiger partial charge in [-0.1, -0.05) is 19.1 Å². The Balaban J connectivity index is 2.96. The normalized spacial score (nSPS) is 10.2. The second-order valence-electron chi connectivity index (χ2n) is 4.26. The molecule has 0 aromatic heterocycles. The summed E-state index contributed by atoms with van der Waals surface area (Å²) in [6.07, 6.45) is 0.933. The van der Waals surface area contributed by atoms with Crippen LogP contribution in [0.15, 0.2) is 22.7 Å². The van der Waals surface area contributed by atoms with Gasteiger partial charge >= 0.3 is 5.97 Å². The van der Waals surface area contributed by atoms with Crippen LogP contribution in [-0.2, 0) is 9.53 Å². The number of hydrogen-bond acceptors (Lipinski definition) is 4. The molecule has 0 unspecified atom stereocenters. The first-order valence-corrected chi connectivity index (χ1v) is 7.69. The highest BCUT2D eigenvalue weighted by Crippen LogP contribution is 2.27. The number of thiocarbonyl (C=S) groups is 1. The van der Waals surface area contributed by atoms with E-state index in [0.717, 1.165) is 28.7 Å². The van der Waals surface area contributed by atoms with Crippen molar-refractivity contribution in [3.8, 4) is 0 Å². The number of carbonyl (C=O) groups excluding carboxylic acids is 1. The van der Waals surface area contributed by atoms with E-state index in [1.54, 1.807) is 6.92 Å². The molecule has 6 heteroatoms. The Kier molecular flexibility index (Phi) is 6.95. The Hall–Kier alpha value is -1.14. The van der Waals surface area contributed by atoms with Gasteiger partial charge in [0.15, 0.2) is 0 Å². The highest BCUT2D eigenvalue weighted by Gasteiger charge is 2.15. The molecule has 0 aliphatic rings. The summed E-state index contributed by atoms with van der Waals surface area (Å²) in [6.45, 7) is 5.25. The van der Waals surface area contributed by atoms with Crippen LogP contribution < -0.4 is 10.6 Å². The second-order valence-corrected chi connectivity index (χ2v) is 5.55. The summed E-state index contributed by atoms with van der Waals surface area (Å²) in [5.41, 5.74) is 7.34. The standard InChI is InChI=1S/C14H19BrN2O2S/c1-3-7-17(9-13(18)19-4-2)12-6-5-10(14(16)20)8-11(12)15/h5-6,8H,3-4,7,9H2,1-2H3,(H2,16,20). The number of ether oxygens (including phenoxy) is 1. The van der Waals surface area contributed by atoms with Crippen LogP contribution in [0.25, 0.3) is 0 Å². The van der Waals surface area contributed by atoms with Crippen molar-refractivity contribution in [3.63, 3.8) is 0 Å². The lowest BCUT2D eigenvalue weighted by Crippen LogP contribution is -2.32. The number of benzene rings is 1. The van der Waals surface area contributed by atoms with Gasteiger partial charge in [-0.05, 0) is 47.5 Å². The third-order valence-corrected chi connectivity index (χ3v) is 3.56. The highest BCUT2D eigenvalue weighted by molar-refractivity contribution is 9.10. The summed E-state index contributed by atoms with van der Waals surface area (Å²) in [5.74, 6) is -0.230. The summed E-state index contributed by atoms with van der Waals surface area (Å²) in [7, 11) is 0. The molecule has 0 heterocycles. The maximum absolute atomic E-state index is 11.7. The van der Waals surface area contributed by atoms with Crippen molar-refractivity contribution in [1.82, 2.24) is 0 Å². The molecule has 1 aromatic carbocycles. The largest absolute Gasteiger partial charge is 0.465 e. The summed E-state index contributed by atoms with van der Waals surface area (Å²) >= 11 is 8.46. The zero-order chi connectivity index (χ0) is 15.1. The fourth-order valence-corrected chi connectivity index (χ4v) is 2.59. The van der Waals surface area contributed by atoms with Crippen LogP contribution in [0.1, 0.15) is 25.8 Å². The van der Waals surface area contributed by atoms with Crippen molar-refractivity contribution in [2.45, 2.75) is 20.3 Å². The number of nitrogens with two attached hydrogens (primary N) is 1. The first-order chi connectivity index (χ1) is 9.49. The Morgan fingerprint density at radius 2 is 2.15 bits per heavy atom. The van der Waals surface area contributed by atoms with Gasteiger partial charge in [-0.2, -0.15) is 0 Å². The van der Waals surface area contributed by atoms with Gasteiger partial charge in [-0.25, -0.2) is 0 Å². The van der Waals surface area contributed by atoms with Crippen LogP contribution in [0.2, 0.25) is 0 Å². The van der Waals surface area contributed by atoms with E-state index >= 15 is 0 Å². The molecule has 4 nitrogen and oxygen atoms in total. The van der Waals surface area contributed by atoms with E-state index in [9.17, 15) is 4.79 Å². The molecule has 110 valence electrons. The average Bonchev–Trinajstić information content (AvgIpc) is 2.38. The smallest absolute Gasteiger partial charge is 0.325 e. The Morgan fingerprint density at radius 3 is 2.65 bits per heavy atom. The number of rotatable bonds is 7. The second kappa shape index (κ2) is 8.21. The molecular formula is C14H19BrN2O2S. The van der Waals surface area contributed by atoms with Gasteiger partial charge < -0.3 is 15.4 Å². The van der Waals surface area contributed by atoms with Crippen LogP contribution in [0.5, 0.6) is 0 Å². The zero-order valence-corrected chi connectivity index (χ0v) is 14.1. The van der Waals surface area contributed by atoms with Crippen molar-refractivity contribution in [1.29, 1.82) is 0 Å². The molecule has 0 atom stereocenters. The molecule has 0 radical (unpaired) electrons. The Morgan fingerprint density at radius 1 is 1.45 bits per heavy atom. The zero-order valence-electron chi connectivity index (χ0n) is 11.7. The van der Waals surface area contributed by atoms with Gasteiger partial charge in [-0.3, -0.25) is 4.79 Å². The SMILES string of the molecule is CCCN(CC(=O)OCC)c1ccc(C(N)=S)cc1Br. The van der Waals surface area contributed by atoms with Crippen molar-refractivity contribution in [2.24, 2.45) is 5.73 Å². The number of esters is 1. The van der Waals surface area contributed by atoms with Gasteiger partial charge in [0.05, 0.1) is 12.3 Å². The lowest BCUT2D eigenvalue weighted by molar-refractivity contribution is -0.141. The number of hydrogen-bond donors (Lipinski definition) is 1. The van der Waals surface area contributed by atoms with Crippen molar-refractivity contribution in [2.75, 3.05) is 24.6 Å². The first kappa shape index (κ1) is 16.9. The quantitative estimate of drug-likeness (QED) is 0.599. The molecule has 1 rings (SSSR count). The number of nitrogens with zero attached hydrogens (tertiary/aromatic N) is 1. The molecule has 0 bridgehead atoms. The molecule has 0 amide bonds. The van der Waals surface area contributed by atoms with E-state index in [2.05, 4.69) is 22.9 Å². The molecule has 0 saturated heterocycles. The minimum absolute atomic E-state index is 0.229. The van der Waals surface area contributed by atoms with E-state index < -0.39 is 0 Å². The number of halogens is 1. The van der Waals surface area contributed by atoms with Gasteiger partial charge in [0, 0.05) is 16.6 Å². The summed E-state index contributed by atoms with van der Waals surface area (Å²) in [6, 6.07) is 5.63. The van der Waals surface area contributed by atoms with Crippen molar-refractivity contribution < 1.29 is 9.53 Å². The fraction of sp³-hybridized carbons (Fsp3) is 0.429. The lowest BCUT2D eigenvalue weighted by Gasteiger charge is -2.24. The van der Waals surface area contributed by atoms with Gasteiger partial charge in [0.1, 0.15) is 11.5 Å². The highest BCUT2D eigenvalue weighted by atomic mass is 79.9. The van der Waals surface area contributed by atoms with E-state index in [1.165, 1.54) is 0 Å². The van der Waals surface area contributed by atoms with Crippen LogP contribution in [0.3, 0.4) is 0 Å². The predicted octanol–water partition coefficient (Wildman–Crippen LogP) is 2.86. The molecule has 0 aliphatic heterocycles. The van der Waals surface area contributed by atoms with Crippen molar-refractivity contribution >= 4 is 44.8 Å². The van der Waals surface area contributed by atoms with E-state index in [-0.39, 0.29) is 12.5 Å². The van der Waals surface area contributed by atoms with E-state index in [4.69, 9.17) is 22.7 Å². The Bertz CT molecular complexity index is 494. The van der Waals surface area contributed by atoms with Crippen LogP contribution in [-0.4, -0.2) is 30.7 Å². The number of anilines is 1. The van der Waals surface area contributed by atoms with Crippen LogP contribution in [0.4, 0.5) is 5.69 Å². The number of carbonyl (C=O) groups is 1.